The van der Waals surface area contributed by atoms with E-state index in [2.05, 4.69) is 184 Å². The van der Waals surface area contributed by atoms with Crippen LogP contribution in [0.25, 0.3) is 16.7 Å². The summed E-state index contributed by atoms with van der Waals surface area (Å²) in [5, 5.41) is 0. The van der Waals surface area contributed by atoms with E-state index in [0.717, 1.165) is 6.54 Å². The third-order valence-corrected chi connectivity index (χ3v) is 10.8. The quantitative estimate of drug-likeness (QED) is 0.171. The Morgan fingerprint density at radius 2 is 1.25 bits per heavy atom. The Balaban J connectivity index is 1.50. The van der Waals surface area contributed by atoms with Crippen LogP contribution in [0.5, 0.6) is 0 Å². The Labute approximate surface area is 285 Å². The average Bonchev–Trinajstić information content (AvgIpc) is 3.65. The summed E-state index contributed by atoms with van der Waals surface area (Å²) in [6.45, 7) is 11.8. The normalized spacial score (nSPS) is 16.9. The highest BCUT2D eigenvalue weighted by molar-refractivity contribution is 5.87. The van der Waals surface area contributed by atoms with E-state index < -0.39 is 5.41 Å². The number of rotatable bonds is 6. The molecule has 1 aliphatic heterocycles. The highest BCUT2D eigenvalue weighted by Gasteiger charge is 2.53. The van der Waals surface area contributed by atoms with E-state index in [0.29, 0.717) is 5.92 Å². The van der Waals surface area contributed by atoms with E-state index in [1.807, 2.05) is 12.2 Å². The Morgan fingerprint density at radius 3 is 1.92 bits per heavy atom. The van der Waals surface area contributed by atoms with Gasteiger partial charge in [-0.25, -0.2) is 0 Å². The fourth-order valence-electron chi connectivity index (χ4n) is 8.43. The van der Waals surface area contributed by atoms with Crippen LogP contribution in [0.15, 0.2) is 170 Å². The zero-order valence-corrected chi connectivity index (χ0v) is 28.0. The fourth-order valence-corrected chi connectivity index (χ4v) is 8.43. The van der Waals surface area contributed by atoms with Crippen LogP contribution in [-0.4, -0.2) is 6.54 Å². The molecule has 5 aromatic rings. The van der Waals surface area contributed by atoms with Crippen molar-refractivity contribution in [2.24, 2.45) is 5.92 Å². The molecule has 5 aromatic carbocycles. The van der Waals surface area contributed by atoms with Crippen molar-refractivity contribution in [2.75, 3.05) is 11.4 Å². The monoisotopic (exact) mass is 619 g/mol. The zero-order chi connectivity index (χ0) is 32.9. The van der Waals surface area contributed by atoms with Gasteiger partial charge in [0.25, 0.3) is 0 Å². The van der Waals surface area contributed by atoms with Crippen molar-refractivity contribution < 1.29 is 0 Å². The van der Waals surface area contributed by atoms with Crippen LogP contribution in [0.1, 0.15) is 59.7 Å². The second-order valence-electron chi connectivity index (χ2n) is 13.8. The number of hydrogen-bond donors (Lipinski definition) is 0. The standard InChI is InChI=1S/C47H41N/c1-5-6-8-17-33(2)36-26-28-38-42(30-36)47(43-31-37(35-20-9-7-10-21-35)27-29-39(43)46(38,3)4)40-22-13-15-24-44(40)48(32-34-18-11-12-19-34)45-25-16-14-23-41(45)47/h5-31,34H,1,32H2,2-4H3/b8-6-,33-17+. The molecule has 0 fully saturated rings. The summed E-state index contributed by atoms with van der Waals surface area (Å²) in [6.07, 6.45) is 17.1. The number of anilines is 2. The van der Waals surface area contributed by atoms with Crippen molar-refractivity contribution in [3.63, 3.8) is 0 Å². The molecule has 3 aliphatic rings. The largest absolute Gasteiger partial charge is 0.340 e. The second kappa shape index (κ2) is 11.7. The van der Waals surface area contributed by atoms with Crippen molar-refractivity contribution in [3.05, 3.63) is 209 Å². The molecule has 0 unspecified atom stereocenters. The van der Waals surface area contributed by atoms with Gasteiger partial charge in [0.15, 0.2) is 0 Å². The molecule has 0 aromatic heterocycles. The maximum atomic E-state index is 3.86. The van der Waals surface area contributed by atoms with Gasteiger partial charge in [0, 0.05) is 29.3 Å². The van der Waals surface area contributed by atoms with Crippen molar-refractivity contribution >= 4 is 16.9 Å². The van der Waals surface area contributed by atoms with Crippen LogP contribution in [0.3, 0.4) is 0 Å². The Morgan fingerprint density at radius 1 is 0.646 bits per heavy atom. The lowest BCUT2D eigenvalue weighted by molar-refractivity contribution is 0.554. The van der Waals surface area contributed by atoms with E-state index >= 15 is 0 Å². The van der Waals surface area contributed by atoms with Crippen LogP contribution < -0.4 is 4.90 Å². The number of nitrogens with zero attached hydrogens (tertiary/aromatic N) is 1. The lowest BCUT2D eigenvalue weighted by Crippen LogP contribution is -2.46. The van der Waals surface area contributed by atoms with Crippen LogP contribution in [0.4, 0.5) is 11.4 Å². The first kappa shape index (κ1) is 30.0. The minimum Gasteiger partial charge on any atom is -0.340 e. The van der Waals surface area contributed by atoms with Crippen molar-refractivity contribution in [2.45, 2.75) is 31.6 Å². The molecule has 2 aliphatic carbocycles. The molecular formula is C47H41N. The number of hydrogen-bond acceptors (Lipinski definition) is 1. The molecular weight excluding hydrogens is 579 g/mol. The molecule has 1 nitrogen and oxygen atoms in total. The Bertz CT molecular complexity index is 2110. The van der Waals surface area contributed by atoms with Crippen LogP contribution in [0.2, 0.25) is 0 Å². The molecule has 0 saturated carbocycles. The fraction of sp³-hybridized carbons (Fsp3) is 0.149. The van der Waals surface area contributed by atoms with Gasteiger partial charge in [-0.3, -0.25) is 0 Å². The van der Waals surface area contributed by atoms with E-state index in [-0.39, 0.29) is 5.41 Å². The minimum absolute atomic E-state index is 0.204. The molecule has 48 heavy (non-hydrogen) atoms. The van der Waals surface area contributed by atoms with Gasteiger partial charge < -0.3 is 4.90 Å². The highest BCUT2D eigenvalue weighted by atomic mass is 15.2. The van der Waals surface area contributed by atoms with Crippen molar-refractivity contribution in [1.82, 2.24) is 0 Å². The van der Waals surface area contributed by atoms with Gasteiger partial charge in [0.2, 0.25) is 0 Å². The second-order valence-corrected chi connectivity index (χ2v) is 13.8. The lowest BCUT2D eigenvalue weighted by Gasteiger charge is -2.53. The molecule has 0 amide bonds. The molecule has 0 radical (unpaired) electrons. The van der Waals surface area contributed by atoms with E-state index in [9.17, 15) is 0 Å². The molecule has 234 valence electrons. The molecule has 1 heterocycles. The summed E-state index contributed by atoms with van der Waals surface area (Å²) >= 11 is 0. The van der Waals surface area contributed by atoms with Crippen LogP contribution >= 0.6 is 0 Å². The number of fused-ring (bicyclic) bond motifs is 8. The van der Waals surface area contributed by atoms with Crippen LogP contribution in [0, 0.1) is 5.92 Å². The summed E-state index contributed by atoms with van der Waals surface area (Å²) in [7, 11) is 0. The van der Waals surface area contributed by atoms with Crippen molar-refractivity contribution in [1.29, 1.82) is 0 Å². The first-order valence-electron chi connectivity index (χ1n) is 17.1. The average molecular weight is 620 g/mol. The van der Waals surface area contributed by atoms with E-state index in [1.165, 1.54) is 67.0 Å². The molecule has 0 N–H and O–H groups in total. The third-order valence-electron chi connectivity index (χ3n) is 10.8. The summed E-state index contributed by atoms with van der Waals surface area (Å²) in [5.41, 5.74) is 14.9. The summed E-state index contributed by atoms with van der Waals surface area (Å²) in [6, 6.07) is 43.6. The van der Waals surface area contributed by atoms with E-state index in [4.69, 9.17) is 0 Å². The van der Waals surface area contributed by atoms with Gasteiger partial charge in [0.1, 0.15) is 0 Å². The maximum Gasteiger partial charge on any atom is 0.0748 e. The summed E-state index contributed by atoms with van der Waals surface area (Å²) < 4.78 is 0. The van der Waals surface area contributed by atoms with Gasteiger partial charge in [-0.2, -0.15) is 0 Å². The highest BCUT2D eigenvalue weighted by Crippen LogP contribution is 2.62. The van der Waals surface area contributed by atoms with Gasteiger partial charge in [-0.05, 0) is 86.8 Å². The molecule has 1 spiro atoms. The van der Waals surface area contributed by atoms with E-state index in [1.54, 1.807) is 0 Å². The molecule has 0 bridgehead atoms. The van der Waals surface area contributed by atoms with Crippen molar-refractivity contribution in [3.8, 4) is 11.1 Å². The van der Waals surface area contributed by atoms with Gasteiger partial charge in [-0.1, -0.05) is 160 Å². The smallest absolute Gasteiger partial charge is 0.0748 e. The first-order valence-corrected chi connectivity index (χ1v) is 17.1. The molecule has 0 saturated heterocycles. The van der Waals surface area contributed by atoms with Crippen LogP contribution in [-0.2, 0) is 10.8 Å². The Hall–Kier alpha value is -5.40. The molecule has 0 atom stereocenters. The van der Waals surface area contributed by atoms with Gasteiger partial charge in [0.05, 0.1) is 5.41 Å². The Kier molecular flexibility index (Phi) is 7.30. The third kappa shape index (κ3) is 4.53. The summed E-state index contributed by atoms with van der Waals surface area (Å²) in [4.78, 5) is 2.57. The topological polar surface area (TPSA) is 3.24 Å². The number of benzene rings is 5. The SMILES string of the molecule is C=C/C=C\C=C(/C)c1ccc2c(c1)C1(c3ccccc3N(CC3C=CC=C3)c3ccccc31)c1cc(-c3ccccc3)ccc1C2(C)C. The lowest BCUT2D eigenvalue weighted by atomic mass is 9.52. The molecule has 1 heteroatoms. The number of para-hydroxylation sites is 2. The predicted octanol–water partition coefficient (Wildman–Crippen LogP) is 11.7. The van der Waals surface area contributed by atoms with Gasteiger partial charge in [-0.15, -0.1) is 0 Å². The number of allylic oxidation sites excluding steroid dienone is 7. The molecule has 8 rings (SSSR count). The predicted molar refractivity (Wildman–Crippen MR) is 204 cm³/mol. The summed E-state index contributed by atoms with van der Waals surface area (Å²) in [5.74, 6) is 0.359. The first-order chi connectivity index (χ1) is 23.4. The van der Waals surface area contributed by atoms with Gasteiger partial charge >= 0.3 is 0 Å². The zero-order valence-electron chi connectivity index (χ0n) is 28.0. The maximum absolute atomic E-state index is 3.86. The minimum atomic E-state index is -0.525.